The highest BCUT2D eigenvalue weighted by molar-refractivity contribution is 7.12. The summed E-state index contributed by atoms with van der Waals surface area (Å²) in [5.41, 5.74) is 2.15. The van der Waals surface area contributed by atoms with Crippen molar-refractivity contribution < 1.29 is 9.90 Å². The fourth-order valence-electron chi connectivity index (χ4n) is 2.57. The van der Waals surface area contributed by atoms with Gasteiger partial charge in [-0.05, 0) is 48.2 Å². The lowest BCUT2D eigenvalue weighted by atomic mass is 10.2. The third-order valence-electron chi connectivity index (χ3n) is 3.84. The van der Waals surface area contributed by atoms with E-state index in [9.17, 15) is 9.90 Å². The molecule has 0 unspecified atom stereocenters. The van der Waals surface area contributed by atoms with Crippen LogP contribution in [-0.2, 0) is 0 Å². The van der Waals surface area contributed by atoms with Gasteiger partial charge in [0.1, 0.15) is 5.75 Å². The molecule has 4 nitrogen and oxygen atoms in total. The van der Waals surface area contributed by atoms with Gasteiger partial charge in [0, 0.05) is 31.9 Å². The summed E-state index contributed by atoms with van der Waals surface area (Å²) < 4.78 is 0. The molecule has 1 saturated heterocycles. The Kier molecular flexibility index (Phi) is 3.84. The minimum atomic E-state index is 0.146. The fraction of sp³-hybridized carbons (Fsp3) is 0.312. The SMILES string of the molecule is Cc1ccsc1C(=O)N1CCN(c2ccc(O)cc2)CC1. The number of carbonyl (C=O) groups excluding carboxylic acids is 1. The van der Waals surface area contributed by atoms with Crippen LogP contribution in [0.2, 0.25) is 0 Å². The lowest BCUT2D eigenvalue weighted by Crippen LogP contribution is -2.48. The van der Waals surface area contributed by atoms with E-state index >= 15 is 0 Å². The van der Waals surface area contributed by atoms with Crippen molar-refractivity contribution in [1.82, 2.24) is 4.90 Å². The van der Waals surface area contributed by atoms with E-state index in [0.717, 1.165) is 42.3 Å². The molecular weight excluding hydrogens is 284 g/mol. The molecule has 1 aliphatic heterocycles. The monoisotopic (exact) mass is 302 g/mol. The number of hydrogen-bond donors (Lipinski definition) is 1. The Bertz CT molecular complexity index is 628. The maximum absolute atomic E-state index is 12.5. The lowest BCUT2D eigenvalue weighted by molar-refractivity contribution is 0.0751. The summed E-state index contributed by atoms with van der Waals surface area (Å²) in [6.45, 7) is 5.09. The molecule has 1 N–H and O–H groups in total. The highest BCUT2D eigenvalue weighted by Crippen LogP contribution is 2.22. The Labute approximate surface area is 128 Å². The van der Waals surface area contributed by atoms with Crippen LogP contribution < -0.4 is 4.90 Å². The smallest absolute Gasteiger partial charge is 0.264 e. The number of rotatable bonds is 2. The molecule has 1 aromatic carbocycles. The highest BCUT2D eigenvalue weighted by atomic mass is 32.1. The average molecular weight is 302 g/mol. The molecule has 3 rings (SSSR count). The van der Waals surface area contributed by atoms with Crippen LogP contribution in [0.3, 0.4) is 0 Å². The Hall–Kier alpha value is -2.01. The van der Waals surface area contributed by atoms with Crippen LogP contribution >= 0.6 is 11.3 Å². The molecule has 5 heteroatoms. The molecule has 2 aromatic rings. The second kappa shape index (κ2) is 5.77. The maximum Gasteiger partial charge on any atom is 0.264 e. The zero-order valence-electron chi connectivity index (χ0n) is 12.0. The number of nitrogens with zero attached hydrogens (tertiary/aromatic N) is 2. The molecule has 0 radical (unpaired) electrons. The zero-order chi connectivity index (χ0) is 14.8. The van der Waals surface area contributed by atoms with Gasteiger partial charge in [0.05, 0.1) is 4.88 Å². The van der Waals surface area contributed by atoms with Crippen molar-refractivity contribution in [2.75, 3.05) is 31.1 Å². The molecule has 1 amide bonds. The first kappa shape index (κ1) is 13.9. The van der Waals surface area contributed by atoms with Gasteiger partial charge >= 0.3 is 0 Å². The van der Waals surface area contributed by atoms with Crippen LogP contribution in [0.25, 0.3) is 0 Å². The van der Waals surface area contributed by atoms with Crippen LogP contribution in [0.1, 0.15) is 15.2 Å². The van der Waals surface area contributed by atoms with Crippen molar-refractivity contribution in [3.8, 4) is 5.75 Å². The number of thiophene rings is 1. The number of benzene rings is 1. The molecule has 0 aliphatic carbocycles. The predicted molar refractivity (Wildman–Crippen MR) is 85.3 cm³/mol. The van der Waals surface area contributed by atoms with Gasteiger partial charge in [0.2, 0.25) is 0 Å². The standard InChI is InChI=1S/C16H18N2O2S/c1-12-6-11-21-15(12)16(20)18-9-7-17(8-10-18)13-2-4-14(19)5-3-13/h2-6,11,19H,7-10H2,1H3. The largest absolute Gasteiger partial charge is 0.508 e. The van der Waals surface area contributed by atoms with E-state index in [1.807, 2.05) is 35.4 Å². The number of piperazine rings is 1. The number of phenolic OH excluding ortho intramolecular Hbond substituents is 1. The Morgan fingerprint density at radius 1 is 1.10 bits per heavy atom. The first-order chi connectivity index (χ1) is 10.1. The van der Waals surface area contributed by atoms with Crippen LogP contribution in [0.5, 0.6) is 5.75 Å². The number of amides is 1. The minimum Gasteiger partial charge on any atom is -0.508 e. The van der Waals surface area contributed by atoms with Gasteiger partial charge in [0.25, 0.3) is 5.91 Å². The second-order valence-corrected chi connectivity index (χ2v) is 6.14. The minimum absolute atomic E-state index is 0.146. The molecule has 21 heavy (non-hydrogen) atoms. The van der Waals surface area contributed by atoms with Crippen LogP contribution in [0.15, 0.2) is 35.7 Å². The van der Waals surface area contributed by atoms with E-state index in [0.29, 0.717) is 0 Å². The molecule has 1 aliphatic rings. The molecule has 1 aromatic heterocycles. The molecule has 0 bridgehead atoms. The first-order valence-electron chi connectivity index (χ1n) is 7.02. The van der Waals surface area contributed by atoms with Crippen molar-refractivity contribution in [2.24, 2.45) is 0 Å². The number of hydrogen-bond acceptors (Lipinski definition) is 4. The Balaban J connectivity index is 1.64. The summed E-state index contributed by atoms with van der Waals surface area (Å²) in [6, 6.07) is 9.21. The van der Waals surface area contributed by atoms with Crippen LogP contribution in [0.4, 0.5) is 5.69 Å². The van der Waals surface area contributed by atoms with E-state index in [2.05, 4.69) is 4.90 Å². The summed E-state index contributed by atoms with van der Waals surface area (Å²) in [7, 11) is 0. The summed E-state index contributed by atoms with van der Waals surface area (Å²) >= 11 is 1.52. The summed E-state index contributed by atoms with van der Waals surface area (Å²) in [6.07, 6.45) is 0. The van der Waals surface area contributed by atoms with Gasteiger partial charge < -0.3 is 14.9 Å². The molecule has 2 heterocycles. The topological polar surface area (TPSA) is 43.8 Å². The van der Waals surface area contributed by atoms with Gasteiger partial charge in [-0.15, -0.1) is 11.3 Å². The number of carbonyl (C=O) groups is 1. The van der Waals surface area contributed by atoms with Crippen molar-refractivity contribution in [3.63, 3.8) is 0 Å². The molecule has 0 atom stereocenters. The third kappa shape index (κ3) is 2.88. The fourth-order valence-corrected chi connectivity index (χ4v) is 3.46. The summed E-state index contributed by atoms with van der Waals surface area (Å²) in [5.74, 6) is 0.425. The van der Waals surface area contributed by atoms with Crippen LogP contribution in [-0.4, -0.2) is 42.1 Å². The van der Waals surface area contributed by atoms with Crippen molar-refractivity contribution in [2.45, 2.75) is 6.92 Å². The molecule has 110 valence electrons. The normalized spacial score (nSPS) is 15.3. The van der Waals surface area contributed by atoms with Gasteiger partial charge in [-0.1, -0.05) is 0 Å². The van der Waals surface area contributed by atoms with Gasteiger partial charge in [0.15, 0.2) is 0 Å². The first-order valence-corrected chi connectivity index (χ1v) is 7.90. The number of anilines is 1. The average Bonchev–Trinajstić information content (AvgIpc) is 2.94. The molecular formula is C16H18N2O2S. The zero-order valence-corrected chi connectivity index (χ0v) is 12.8. The van der Waals surface area contributed by atoms with E-state index in [-0.39, 0.29) is 11.7 Å². The third-order valence-corrected chi connectivity index (χ3v) is 4.84. The van der Waals surface area contributed by atoms with Crippen molar-refractivity contribution in [3.05, 3.63) is 46.2 Å². The number of aryl methyl sites for hydroxylation is 1. The quantitative estimate of drug-likeness (QED) is 0.927. The van der Waals surface area contributed by atoms with Gasteiger partial charge in [-0.25, -0.2) is 0 Å². The number of phenols is 1. The predicted octanol–water partition coefficient (Wildman–Crippen LogP) is 2.72. The van der Waals surface area contributed by atoms with Gasteiger partial charge in [-0.3, -0.25) is 4.79 Å². The van der Waals surface area contributed by atoms with E-state index in [4.69, 9.17) is 0 Å². The van der Waals surface area contributed by atoms with E-state index < -0.39 is 0 Å². The number of aromatic hydroxyl groups is 1. The van der Waals surface area contributed by atoms with Crippen LogP contribution in [0, 0.1) is 6.92 Å². The Morgan fingerprint density at radius 2 is 1.76 bits per heavy atom. The lowest BCUT2D eigenvalue weighted by Gasteiger charge is -2.36. The van der Waals surface area contributed by atoms with Crippen molar-refractivity contribution in [1.29, 1.82) is 0 Å². The highest BCUT2D eigenvalue weighted by Gasteiger charge is 2.23. The molecule has 0 saturated carbocycles. The van der Waals surface area contributed by atoms with E-state index in [1.165, 1.54) is 11.3 Å². The summed E-state index contributed by atoms with van der Waals surface area (Å²) in [5, 5.41) is 11.3. The molecule has 1 fully saturated rings. The molecule has 0 spiro atoms. The maximum atomic E-state index is 12.5. The Morgan fingerprint density at radius 3 is 2.33 bits per heavy atom. The summed E-state index contributed by atoms with van der Waals surface area (Å²) in [4.78, 5) is 17.5. The van der Waals surface area contributed by atoms with Crippen molar-refractivity contribution >= 4 is 22.9 Å². The second-order valence-electron chi connectivity index (χ2n) is 5.23. The van der Waals surface area contributed by atoms with Gasteiger partial charge in [-0.2, -0.15) is 0 Å². The van der Waals surface area contributed by atoms with E-state index in [1.54, 1.807) is 12.1 Å².